The fraction of sp³-hybridized carbons (Fsp3) is 0.500. The summed E-state index contributed by atoms with van der Waals surface area (Å²) in [5.41, 5.74) is 0. The van der Waals surface area contributed by atoms with E-state index in [-0.39, 0.29) is 142 Å². The van der Waals surface area contributed by atoms with Crippen molar-refractivity contribution < 1.29 is 148 Å². The van der Waals surface area contributed by atoms with Gasteiger partial charge in [0.05, 0.1) is 12.8 Å². The van der Waals surface area contributed by atoms with Crippen molar-refractivity contribution in [2.75, 3.05) is 0 Å². The van der Waals surface area contributed by atoms with Gasteiger partial charge in [0.25, 0.3) is 0 Å². The van der Waals surface area contributed by atoms with Crippen molar-refractivity contribution in [2.45, 2.75) is 12.8 Å². The molecule has 0 spiro atoms. The van der Waals surface area contributed by atoms with Gasteiger partial charge < -0.3 is 13.9 Å². The monoisotopic (exact) mass is 496 g/mol. The summed E-state index contributed by atoms with van der Waals surface area (Å²) >= 11 is 0. The van der Waals surface area contributed by atoms with E-state index in [2.05, 4.69) is 4.52 Å². The number of carbonyl (C=O) groups excluding carboxylic acids is 1. The number of carboxylic acid groups (broad SMARTS) is 1. The van der Waals surface area contributed by atoms with Gasteiger partial charge in [0, 0.05) is 0 Å². The van der Waals surface area contributed by atoms with E-state index in [9.17, 15) is 14.2 Å². The van der Waals surface area contributed by atoms with Crippen LogP contribution in [0.25, 0.3) is 0 Å². The molecule has 0 aliphatic rings. The molecular weight excluding hydrogens is 483 g/mol. The molecule has 0 aromatic heterocycles. The molecule has 82 valence electrons. The van der Waals surface area contributed by atoms with Crippen molar-refractivity contribution in [1.82, 2.24) is 0 Å². The maximum atomic E-state index is 10.4. The van der Waals surface area contributed by atoms with Gasteiger partial charge in [-0.15, -0.1) is 0 Å². The molecule has 12 heteroatoms. The summed E-state index contributed by atoms with van der Waals surface area (Å²) in [6.45, 7) is 0. The van der Waals surface area contributed by atoms with Crippen LogP contribution in [-0.4, -0.2) is 54.1 Å². The fourth-order valence-electron chi connectivity index (χ4n) is 0.387. The van der Waals surface area contributed by atoms with Gasteiger partial charge in [0.15, 0.2) is 0 Å². The zero-order valence-electron chi connectivity index (χ0n) is 12.5. The van der Waals surface area contributed by atoms with Crippen LogP contribution >= 0.6 is 7.82 Å². The molecule has 7 nitrogen and oxygen atoms in total. The molecule has 0 aromatic rings. The van der Waals surface area contributed by atoms with Crippen LogP contribution in [0.1, 0.15) is 17.1 Å². The van der Waals surface area contributed by atoms with E-state index < -0.39 is 32.6 Å². The molecule has 0 unspecified atom stereocenters. The molecule has 16 heavy (non-hydrogen) atoms. The van der Waals surface area contributed by atoms with Gasteiger partial charge in [-0.05, 0) is 0 Å². The average molecular weight is 495 g/mol. The molecule has 0 amide bonds. The molecule has 3 N–H and O–H groups in total. The first-order valence-corrected chi connectivity index (χ1v) is 4.34. The van der Waals surface area contributed by atoms with E-state index in [4.69, 9.17) is 14.9 Å². The van der Waals surface area contributed by atoms with Crippen LogP contribution in [0.15, 0.2) is 0 Å². The number of aliphatic carboxylic acids is 1. The van der Waals surface area contributed by atoms with Gasteiger partial charge in [0.1, 0.15) is 0 Å². The van der Waals surface area contributed by atoms with E-state index in [0.29, 0.717) is 0 Å². The summed E-state index contributed by atoms with van der Waals surface area (Å²) in [6.07, 6.45) is -1.07. The molecule has 0 fully saturated rings. The van der Waals surface area contributed by atoms with Gasteiger partial charge in [-0.1, -0.05) is 0 Å². The second-order valence-corrected chi connectivity index (χ2v) is 3.01. The zero-order valence-corrected chi connectivity index (χ0v) is 23.1. The molecule has 0 aliphatic carbocycles. The summed E-state index contributed by atoms with van der Waals surface area (Å²) in [5.74, 6) is -2.47. The molecule has 0 saturated heterocycles. The summed E-state index contributed by atoms with van der Waals surface area (Å²) in [5, 5.41) is 8.06. The number of carbonyl (C=O) groups is 2. The Morgan fingerprint density at radius 3 is 1.81 bits per heavy atom. The molecule has 0 bridgehead atoms. The molecule has 2 radical (unpaired) electrons. The fourth-order valence-corrected chi connectivity index (χ4v) is 0.744. The molecule has 0 aromatic carbocycles. The Morgan fingerprint density at radius 1 is 1.19 bits per heavy atom. The van der Waals surface area contributed by atoms with Crippen LogP contribution in [-0.2, 0) is 18.7 Å². The van der Waals surface area contributed by atoms with Crippen LogP contribution in [0, 0.1) is 0 Å². The van der Waals surface area contributed by atoms with Crippen molar-refractivity contribution in [3.8, 4) is 0 Å². The van der Waals surface area contributed by atoms with Crippen LogP contribution in [0.3, 0.4) is 0 Å². The zero-order chi connectivity index (χ0) is 9.78. The van der Waals surface area contributed by atoms with Gasteiger partial charge in [0.2, 0.25) is 0 Å². The van der Waals surface area contributed by atoms with E-state index in [0.717, 1.165) is 0 Å². The number of rotatable bonds is 4. The van der Waals surface area contributed by atoms with Crippen LogP contribution in [0.4, 0.5) is 0 Å². The third-order valence-corrected chi connectivity index (χ3v) is 1.21. The number of phosphoric ester groups is 1. The molecule has 0 heterocycles. The number of hydrogen-bond acceptors (Lipinski definition) is 4. The van der Waals surface area contributed by atoms with Crippen LogP contribution in [0.2, 0.25) is 0 Å². The van der Waals surface area contributed by atoms with Gasteiger partial charge in [-0.2, -0.15) is 0 Å². The summed E-state index contributed by atoms with van der Waals surface area (Å²) in [7, 11) is -4.82. The van der Waals surface area contributed by atoms with E-state index in [1.165, 1.54) is 0 Å². The molecule has 0 atom stereocenters. The number of hydrogen-bond donors (Lipinski definition) is 3. The summed E-state index contributed by atoms with van der Waals surface area (Å²) in [4.78, 5) is 36.4. The van der Waals surface area contributed by atoms with Crippen molar-refractivity contribution in [3.63, 3.8) is 0 Å². The van der Waals surface area contributed by atoms with E-state index >= 15 is 0 Å². The maximum absolute atomic E-state index is 10.4. The number of phosphoric acid groups is 1. The predicted molar refractivity (Wildman–Crippen MR) is 46.9 cm³/mol. The van der Waals surface area contributed by atoms with Crippen molar-refractivity contribution in [3.05, 3.63) is 0 Å². The standard InChI is InChI=1S/C4H7O7P.K.2Na.Pb.5H/c5-3(6)1-2-4(7)11-12(8,9)10;;;;;;;;;/h1-2H2,(H,5,6)(H2,8,9,10);;;;;;;;;/q;3*+1;;;;3*-1. The van der Waals surface area contributed by atoms with E-state index in [1.54, 1.807) is 0 Å². The van der Waals surface area contributed by atoms with Crippen LogP contribution in [0.5, 0.6) is 0 Å². The topological polar surface area (TPSA) is 121 Å². The summed E-state index contributed by atoms with van der Waals surface area (Å²) < 4.78 is 13.5. The Labute approximate surface area is 204 Å². The quantitative estimate of drug-likeness (QED) is 0.262. The number of carboxylic acids is 1. The Morgan fingerprint density at radius 2 is 1.56 bits per heavy atom. The minimum atomic E-state index is -4.82. The van der Waals surface area contributed by atoms with Crippen LogP contribution < -0.4 is 110 Å². The SMILES string of the molecule is O=C(O)CCC(=O)OP(=O)(O)O.[H-].[H-].[H-].[K+].[Na+].[Na+].[PbH2]. The van der Waals surface area contributed by atoms with Gasteiger partial charge in [-0.25, -0.2) is 4.57 Å². The Kier molecular flexibility index (Phi) is 33.2. The minimum absolute atomic E-state index is 0. The molecule has 0 aliphatic heterocycles. The van der Waals surface area contributed by atoms with Crippen molar-refractivity contribution >= 4 is 47.1 Å². The van der Waals surface area contributed by atoms with Crippen molar-refractivity contribution in [2.24, 2.45) is 0 Å². The predicted octanol–water partition coefficient (Wildman–Crippen LogP) is -10.1. The first-order chi connectivity index (χ1) is 5.31. The first kappa shape index (κ1) is 31.8. The Bertz CT molecular complexity index is 258. The Hall–Kier alpha value is 3.65. The van der Waals surface area contributed by atoms with Crippen molar-refractivity contribution in [1.29, 1.82) is 0 Å². The second kappa shape index (κ2) is 16.7. The Balaban J connectivity index is -0.0000000288. The third-order valence-electron chi connectivity index (χ3n) is 0.764. The van der Waals surface area contributed by atoms with E-state index in [1.807, 2.05) is 0 Å². The molecule has 0 rings (SSSR count). The normalized spacial score (nSPS) is 8.12. The van der Waals surface area contributed by atoms with Gasteiger partial charge >= 0.3 is 158 Å². The molecular formula is C4H12KNa2O7PPb. The second-order valence-electron chi connectivity index (χ2n) is 1.85. The third kappa shape index (κ3) is 26.3. The average Bonchev–Trinajstić information content (AvgIpc) is 1.79. The first-order valence-electron chi connectivity index (χ1n) is 2.81. The molecule has 0 saturated carbocycles. The van der Waals surface area contributed by atoms with Gasteiger partial charge in [-0.3, -0.25) is 19.4 Å². The summed E-state index contributed by atoms with van der Waals surface area (Å²) in [6, 6.07) is 0.